The van der Waals surface area contributed by atoms with Gasteiger partial charge < -0.3 is 5.11 Å². The van der Waals surface area contributed by atoms with Crippen LogP contribution in [-0.4, -0.2) is 28.1 Å². The van der Waals surface area contributed by atoms with E-state index in [1.807, 2.05) is 11.6 Å². The molecule has 1 aliphatic carbocycles. The Balaban J connectivity index is 1.82. The number of aliphatic hydroxyl groups excluding tert-OH is 1. The van der Waals surface area contributed by atoms with Crippen molar-refractivity contribution in [2.24, 2.45) is 0 Å². The van der Waals surface area contributed by atoms with Crippen molar-refractivity contribution < 1.29 is 5.11 Å². The number of benzene rings is 1. The van der Waals surface area contributed by atoms with Gasteiger partial charge in [0.1, 0.15) is 5.01 Å². The standard InChI is InChI=1S/C17H22N2OS/c20-11-4-10-19(13-17-18-9-12-21-17)16-8-3-6-14-5-1-2-7-15(14)16/h1-2,5,7,9,12,16,20H,3-4,6,8,10-11,13H2. The topological polar surface area (TPSA) is 36.4 Å². The number of thiazole rings is 1. The van der Waals surface area contributed by atoms with E-state index in [9.17, 15) is 5.11 Å². The number of nitrogens with zero attached hydrogens (tertiary/aromatic N) is 2. The number of rotatable bonds is 6. The second kappa shape index (κ2) is 7.16. The Morgan fingerprint density at radius 2 is 2.24 bits per heavy atom. The average Bonchev–Trinajstić information content (AvgIpc) is 3.04. The molecule has 0 aliphatic heterocycles. The van der Waals surface area contributed by atoms with Gasteiger partial charge in [-0.15, -0.1) is 11.3 Å². The fraction of sp³-hybridized carbons (Fsp3) is 0.471. The molecule has 3 rings (SSSR count). The maximum atomic E-state index is 9.20. The summed E-state index contributed by atoms with van der Waals surface area (Å²) in [6.07, 6.45) is 6.34. The van der Waals surface area contributed by atoms with Crippen LogP contribution in [0.3, 0.4) is 0 Å². The molecule has 3 nitrogen and oxygen atoms in total. The zero-order valence-corrected chi connectivity index (χ0v) is 13.1. The van der Waals surface area contributed by atoms with Crippen molar-refractivity contribution in [3.05, 3.63) is 52.0 Å². The van der Waals surface area contributed by atoms with Gasteiger partial charge in [0, 0.05) is 30.8 Å². The lowest BCUT2D eigenvalue weighted by Gasteiger charge is -2.35. The van der Waals surface area contributed by atoms with E-state index in [-0.39, 0.29) is 6.61 Å². The first-order valence-electron chi connectivity index (χ1n) is 7.69. The Bertz CT molecular complexity index is 556. The van der Waals surface area contributed by atoms with Crippen molar-refractivity contribution >= 4 is 11.3 Å². The third kappa shape index (κ3) is 3.51. The van der Waals surface area contributed by atoms with Gasteiger partial charge in [-0.3, -0.25) is 4.90 Å². The van der Waals surface area contributed by atoms with Gasteiger partial charge in [-0.1, -0.05) is 24.3 Å². The molecule has 0 saturated carbocycles. The Hall–Kier alpha value is -1.23. The smallest absolute Gasteiger partial charge is 0.107 e. The number of hydrogen-bond donors (Lipinski definition) is 1. The third-order valence-electron chi connectivity index (χ3n) is 4.20. The largest absolute Gasteiger partial charge is 0.396 e. The van der Waals surface area contributed by atoms with Crippen LogP contribution in [0.15, 0.2) is 35.8 Å². The summed E-state index contributed by atoms with van der Waals surface area (Å²) < 4.78 is 0. The van der Waals surface area contributed by atoms with Gasteiger partial charge in [-0.25, -0.2) is 4.98 Å². The molecule has 0 saturated heterocycles. The molecule has 1 atom stereocenters. The minimum Gasteiger partial charge on any atom is -0.396 e. The van der Waals surface area contributed by atoms with Crippen molar-refractivity contribution in [2.75, 3.05) is 13.2 Å². The molecule has 1 unspecified atom stereocenters. The molecule has 4 heteroatoms. The quantitative estimate of drug-likeness (QED) is 0.888. The molecule has 0 radical (unpaired) electrons. The molecule has 0 fully saturated rings. The molecular formula is C17H22N2OS. The molecule has 0 spiro atoms. The minimum atomic E-state index is 0.253. The molecule has 112 valence electrons. The van der Waals surface area contributed by atoms with Crippen molar-refractivity contribution in [1.82, 2.24) is 9.88 Å². The number of aliphatic hydroxyl groups is 1. The van der Waals surface area contributed by atoms with E-state index in [1.165, 1.54) is 30.4 Å². The predicted octanol–water partition coefficient (Wildman–Crippen LogP) is 3.41. The Kier molecular flexibility index (Phi) is 5.01. The molecule has 1 N–H and O–H groups in total. The summed E-state index contributed by atoms with van der Waals surface area (Å²) in [6, 6.07) is 9.28. The number of aromatic nitrogens is 1. The Labute approximate surface area is 130 Å². The fourth-order valence-corrected chi connectivity index (χ4v) is 3.87. The summed E-state index contributed by atoms with van der Waals surface area (Å²) in [5.41, 5.74) is 2.96. The molecule has 0 bridgehead atoms. The van der Waals surface area contributed by atoms with Crippen LogP contribution in [0, 0.1) is 0 Å². The first-order chi connectivity index (χ1) is 10.4. The minimum absolute atomic E-state index is 0.253. The Morgan fingerprint density at radius 1 is 1.33 bits per heavy atom. The molecule has 1 aromatic heterocycles. The van der Waals surface area contributed by atoms with E-state index in [1.54, 1.807) is 11.3 Å². The summed E-state index contributed by atoms with van der Waals surface area (Å²) in [7, 11) is 0. The fourth-order valence-electron chi connectivity index (χ4n) is 3.23. The molecule has 2 aromatic rings. The monoisotopic (exact) mass is 302 g/mol. The van der Waals surface area contributed by atoms with E-state index in [4.69, 9.17) is 0 Å². The lowest BCUT2D eigenvalue weighted by molar-refractivity contribution is 0.152. The molecule has 1 aliphatic rings. The van der Waals surface area contributed by atoms with Gasteiger partial charge in [0.15, 0.2) is 0 Å². The van der Waals surface area contributed by atoms with Gasteiger partial charge >= 0.3 is 0 Å². The van der Waals surface area contributed by atoms with Crippen LogP contribution in [0.2, 0.25) is 0 Å². The van der Waals surface area contributed by atoms with Crippen LogP contribution < -0.4 is 0 Å². The van der Waals surface area contributed by atoms with Gasteiger partial charge in [0.05, 0.1) is 6.54 Å². The van der Waals surface area contributed by atoms with Gasteiger partial charge in [0.2, 0.25) is 0 Å². The van der Waals surface area contributed by atoms with Crippen LogP contribution in [0.4, 0.5) is 0 Å². The SMILES string of the molecule is OCCCN(Cc1nccs1)C1CCCc2ccccc21. The maximum Gasteiger partial charge on any atom is 0.107 e. The van der Waals surface area contributed by atoms with E-state index < -0.39 is 0 Å². The van der Waals surface area contributed by atoms with Crippen LogP contribution in [0.25, 0.3) is 0 Å². The van der Waals surface area contributed by atoms with Crippen molar-refractivity contribution in [3.63, 3.8) is 0 Å². The zero-order chi connectivity index (χ0) is 14.5. The van der Waals surface area contributed by atoms with Crippen molar-refractivity contribution in [3.8, 4) is 0 Å². The van der Waals surface area contributed by atoms with E-state index in [0.29, 0.717) is 6.04 Å². The highest BCUT2D eigenvalue weighted by Crippen LogP contribution is 2.35. The summed E-state index contributed by atoms with van der Waals surface area (Å²) in [6.45, 7) is 2.06. The first kappa shape index (κ1) is 14.7. The number of aryl methyl sites for hydroxylation is 1. The summed E-state index contributed by atoms with van der Waals surface area (Å²) in [5, 5.41) is 12.4. The predicted molar refractivity (Wildman–Crippen MR) is 86.3 cm³/mol. The average molecular weight is 302 g/mol. The summed E-state index contributed by atoms with van der Waals surface area (Å²) >= 11 is 1.71. The molecule has 0 amide bonds. The first-order valence-corrected chi connectivity index (χ1v) is 8.57. The highest BCUT2D eigenvalue weighted by molar-refractivity contribution is 7.09. The molecule has 1 heterocycles. The van der Waals surface area contributed by atoms with E-state index >= 15 is 0 Å². The van der Waals surface area contributed by atoms with Crippen LogP contribution in [0.1, 0.15) is 41.4 Å². The maximum absolute atomic E-state index is 9.20. The number of fused-ring (bicyclic) bond motifs is 1. The second-order valence-corrected chi connectivity index (χ2v) is 6.56. The Morgan fingerprint density at radius 3 is 3.05 bits per heavy atom. The highest BCUT2D eigenvalue weighted by Gasteiger charge is 2.25. The van der Waals surface area contributed by atoms with Crippen LogP contribution >= 0.6 is 11.3 Å². The summed E-state index contributed by atoms with van der Waals surface area (Å²) in [4.78, 5) is 6.92. The van der Waals surface area contributed by atoms with Gasteiger partial charge in [-0.05, 0) is 36.8 Å². The van der Waals surface area contributed by atoms with Crippen LogP contribution in [-0.2, 0) is 13.0 Å². The molecule has 1 aromatic carbocycles. The molecular weight excluding hydrogens is 280 g/mol. The normalized spacial score (nSPS) is 17.9. The molecule has 21 heavy (non-hydrogen) atoms. The van der Waals surface area contributed by atoms with Crippen molar-refractivity contribution in [1.29, 1.82) is 0 Å². The second-order valence-electron chi connectivity index (χ2n) is 5.58. The lowest BCUT2D eigenvalue weighted by atomic mass is 9.86. The van der Waals surface area contributed by atoms with E-state index in [0.717, 1.165) is 24.5 Å². The summed E-state index contributed by atoms with van der Waals surface area (Å²) in [5.74, 6) is 0. The highest BCUT2D eigenvalue weighted by atomic mass is 32.1. The van der Waals surface area contributed by atoms with Crippen molar-refractivity contribution in [2.45, 2.75) is 38.3 Å². The van der Waals surface area contributed by atoms with Gasteiger partial charge in [0.25, 0.3) is 0 Å². The number of hydrogen-bond acceptors (Lipinski definition) is 4. The zero-order valence-electron chi connectivity index (χ0n) is 12.2. The third-order valence-corrected chi connectivity index (χ3v) is 4.97. The van der Waals surface area contributed by atoms with Crippen LogP contribution in [0.5, 0.6) is 0 Å². The van der Waals surface area contributed by atoms with Gasteiger partial charge in [-0.2, -0.15) is 0 Å². The lowest BCUT2D eigenvalue weighted by Crippen LogP contribution is -2.32. The van der Waals surface area contributed by atoms with E-state index in [2.05, 4.69) is 34.1 Å².